The van der Waals surface area contributed by atoms with Gasteiger partial charge in [-0.05, 0) is 45.2 Å². The van der Waals surface area contributed by atoms with E-state index in [2.05, 4.69) is 26.6 Å². The van der Waals surface area contributed by atoms with Gasteiger partial charge >= 0.3 is 0 Å². The summed E-state index contributed by atoms with van der Waals surface area (Å²) in [5, 5.41) is 12.9. The molecule has 0 aliphatic rings. The van der Waals surface area contributed by atoms with Gasteiger partial charge in [-0.25, -0.2) is 0 Å². The largest absolute Gasteiger partial charge is 0.357 e. The first-order valence-corrected chi connectivity index (χ1v) is 10.6. The Hall–Kier alpha value is -3.37. The van der Waals surface area contributed by atoms with Crippen molar-refractivity contribution in [2.24, 2.45) is 7.05 Å². The highest BCUT2D eigenvalue weighted by Gasteiger charge is 2.26. The maximum Gasteiger partial charge on any atom is 0.267 e. The minimum absolute atomic E-state index is 0.191. The number of likely N-dealkylation sites (N-methyl/N-ethyl adjacent to an activating group) is 1. The third kappa shape index (κ3) is 8.78. The maximum atomic E-state index is 12.7. The quantitative estimate of drug-likeness (QED) is 0.264. The van der Waals surface area contributed by atoms with Crippen molar-refractivity contribution in [1.82, 2.24) is 31.2 Å². The fourth-order valence-corrected chi connectivity index (χ4v) is 2.99. The Balaban J connectivity index is 2.63. The fourth-order valence-electron chi connectivity index (χ4n) is 2.99. The molecule has 178 valence electrons. The van der Waals surface area contributed by atoms with Crippen LogP contribution in [0, 0.1) is 0 Å². The van der Waals surface area contributed by atoms with Crippen LogP contribution in [0.4, 0.5) is 0 Å². The van der Waals surface area contributed by atoms with Crippen molar-refractivity contribution < 1.29 is 24.0 Å². The average Bonchev–Trinajstić information content (AvgIpc) is 3.16. The molecule has 11 nitrogen and oxygen atoms in total. The van der Waals surface area contributed by atoms with Gasteiger partial charge in [-0.15, -0.1) is 0 Å². The molecule has 1 aromatic rings. The lowest BCUT2D eigenvalue weighted by molar-refractivity contribution is -0.133. The molecule has 0 radical (unpaired) electrons. The number of hydrogen-bond donors (Lipinski definition) is 5. The lowest BCUT2D eigenvalue weighted by Crippen LogP contribution is -2.55. The summed E-state index contributed by atoms with van der Waals surface area (Å²) in [4.78, 5) is 60.0. The molecule has 0 unspecified atom stereocenters. The molecule has 5 amide bonds. The zero-order valence-corrected chi connectivity index (χ0v) is 19.3. The van der Waals surface area contributed by atoms with Gasteiger partial charge in [0.25, 0.3) is 5.91 Å². The second kappa shape index (κ2) is 13.1. The molecule has 3 atom stereocenters. The van der Waals surface area contributed by atoms with Crippen molar-refractivity contribution in [3.63, 3.8) is 0 Å². The summed E-state index contributed by atoms with van der Waals surface area (Å²) in [6, 6.07) is 1.01. The van der Waals surface area contributed by atoms with E-state index in [0.717, 1.165) is 0 Å². The Labute approximate surface area is 188 Å². The molecular formula is C21H34N6O5. The van der Waals surface area contributed by atoms with E-state index in [1.54, 1.807) is 29.9 Å². The van der Waals surface area contributed by atoms with Crippen LogP contribution < -0.4 is 26.6 Å². The highest BCUT2D eigenvalue weighted by atomic mass is 16.2. The van der Waals surface area contributed by atoms with Gasteiger partial charge in [-0.2, -0.15) is 0 Å². The average molecular weight is 451 g/mol. The molecule has 0 saturated heterocycles. The lowest BCUT2D eigenvalue weighted by atomic mass is 10.1. The Kier molecular flexibility index (Phi) is 10.9. The molecule has 0 fully saturated rings. The Morgan fingerprint density at radius 1 is 0.938 bits per heavy atom. The molecule has 0 spiro atoms. The highest BCUT2D eigenvalue weighted by molar-refractivity contribution is 5.94. The highest BCUT2D eigenvalue weighted by Crippen LogP contribution is 2.04. The Bertz CT molecular complexity index is 821. The molecular weight excluding hydrogens is 416 g/mol. The first kappa shape index (κ1) is 26.7. The molecule has 1 rings (SSSR count). The van der Waals surface area contributed by atoms with E-state index < -0.39 is 29.9 Å². The lowest BCUT2D eigenvalue weighted by Gasteiger charge is -2.22. The van der Waals surface area contributed by atoms with Gasteiger partial charge in [-0.3, -0.25) is 24.0 Å². The minimum atomic E-state index is -0.894. The standard InChI is InChI=1S/C21H34N6O5/c1-13(18(29)22-4)25-20(31)16(26-19(30)14(2)24-15(3)28)9-6-7-11-23-21(32)17-10-8-12-27(17)5/h8,10,12-14,16H,6-7,9,11H2,1-5H3,(H,22,29)(H,23,32)(H,24,28)(H,25,31)(H,26,30)/t13-,14-,16-/m0/s1. The second-order valence-electron chi connectivity index (χ2n) is 7.58. The predicted octanol–water partition coefficient (Wildman–Crippen LogP) is -0.815. The summed E-state index contributed by atoms with van der Waals surface area (Å²) in [5.74, 6) is -1.93. The number of hydrogen-bond acceptors (Lipinski definition) is 5. The summed E-state index contributed by atoms with van der Waals surface area (Å²) in [6.07, 6.45) is 3.20. The topological polar surface area (TPSA) is 150 Å². The van der Waals surface area contributed by atoms with Crippen LogP contribution in [0.3, 0.4) is 0 Å². The third-order valence-electron chi connectivity index (χ3n) is 4.83. The van der Waals surface area contributed by atoms with Gasteiger partial charge < -0.3 is 31.2 Å². The van der Waals surface area contributed by atoms with Crippen LogP contribution in [0.5, 0.6) is 0 Å². The van der Waals surface area contributed by atoms with Crippen LogP contribution in [-0.4, -0.2) is 65.8 Å². The zero-order valence-electron chi connectivity index (χ0n) is 19.3. The summed E-state index contributed by atoms with van der Waals surface area (Å²) < 4.78 is 1.72. The molecule has 11 heteroatoms. The van der Waals surface area contributed by atoms with Crippen LogP contribution in [0.2, 0.25) is 0 Å². The molecule has 0 bridgehead atoms. The smallest absolute Gasteiger partial charge is 0.267 e. The number of carbonyl (C=O) groups excluding carboxylic acids is 5. The van der Waals surface area contributed by atoms with Crippen molar-refractivity contribution in [1.29, 1.82) is 0 Å². The molecule has 1 heterocycles. The summed E-state index contributed by atoms with van der Waals surface area (Å²) in [6.45, 7) is 4.75. The number of unbranched alkanes of at least 4 members (excludes halogenated alkanes) is 1. The minimum Gasteiger partial charge on any atom is -0.357 e. The van der Waals surface area contributed by atoms with Crippen molar-refractivity contribution in [2.45, 2.75) is 58.2 Å². The number of aryl methyl sites for hydroxylation is 1. The van der Waals surface area contributed by atoms with Crippen LogP contribution >= 0.6 is 0 Å². The van der Waals surface area contributed by atoms with Crippen molar-refractivity contribution in [3.8, 4) is 0 Å². The van der Waals surface area contributed by atoms with Crippen molar-refractivity contribution >= 4 is 29.5 Å². The molecule has 5 N–H and O–H groups in total. The number of amides is 5. The van der Waals surface area contributed by atoms with Crippen LogP contribution in [-0.2, 0) is 26.2 Å². The molecule has 32 heavy (non-hydrogen) atoms. The summed E-state index contributed by atoms with van der Waals surface area (Å²) >= 11 is 0. The van der Waals surface area contributed by atoms with Gasteiger partial charge in [0.1, 0.15) is 23.8 Å². The van der Waals surface area contributed by atoms with Gasteiger partial charge in [0.15, 0.2) is 0 Å². The van der Waals surface area contributed by atoms with E-state index in [4.69, 9.17) is 0 Å². The maximum absolute atomic E-state index is 12.7. The van der Waals surface area contributed by atoms with Crippen LogP contribution in [0.1, 0.15) is 50.5 Å². The SMILES string of the molecule is CNC(=O)[C@H](C)NC(=O)[C@H](CCCCNC(=O)c1cccn1C)NC(=O)[C@H](C)NC(C)=O. The van der Waals surface area contributed by atoms with Crippen molar-refractivity contribution in [2.75, 3.05) is 13.6 Å². The Morgan fingerprint density at radius 2 is 1.59 bits per heavy atom. The first-order chi connectivity index (χ1) is 15.1. The normalized spacial score (nSPS) is 13.3. The van der Waals surface area contributed by atoms with Gasteiger partial charge in [0.2, 0.25) is 23.6 Å². The molecule has 1 aromatic heterocycles. The van der Waals surface area contributed by atoms with Crippen LogP contribution in [0.25, 0.3) is 0 Å². The molecule has 0 saturated carbocycles. The molecule has 0 aliphatic heterocycles. The zero-order chi connectivity index (χ0) is 24.3. The van der Waals surface area contributed by atoms with E-state index in [0.29, 0.717) is 31.5 Å². The van der Waals surface area contributed by atoms with Crippen molar-refractivity contribution in [3.05, 3.63) is 24.0 Å². The number of aromatic nitrogens is 1. The van der Waals surface area contributed by atoms with E-state index in [1.165, 1.54) is 27.8 Å². The van der Waals surface area contributed by atoms with E-state index in [1.807, 2.05) is 0 Å². The monoisotopic (exact) mass is 450 g/mol. The van der Waals surface area contributed by atoms with Gasteiger partial charge in [0.05, 0.1) is 0 Å². The second-order valence-corrected chi connectivity index (χ2v) is 7.58. The van der Waals surface area contributed by atoms with E-state index in [9.17, 15) is 24.0 Å². The van der Waals surface area contributed by atoms with E-state index >= 15 is 0 Å². The van der Waals surface area contributed by atoms with Gasteiger partial charge in [-0.1, -0.05) is 0 Å². The van der Waals surface area contributed by atoms with Crippen LogP contribution in [0.15, 0.2) is 18.3 Å². The number of nitrogens with one attached hydrogen (secondary N) is 5. The number of carbonyl (C=O) groups is 5. The molecule has 0 aliphatic carbocycles. The number of rotatable bonds is 12. The fraction of sp³-hybridized carbons (Fsp3) is 0.571. The third-order valence-corrected chi connectivity index (χ3v) is 4.83. The predicted molar refractivity (Wildman–Crippen MR) is 118 cm³/mol. The van der Waals surface area contributed by atoms with Gasteiger partial charge in [0, 0.05) is 33.8 Å². The van der Waals surface area contributed by atoms with E-state index in [-0.39, 0.29) is 17.7 Å². The summed E-state index contributed by atoms with van der Waals surface area (Å²) in [5.41, 5.74) is 0.546. The molecule has 0 aromatic carbocycles. The Morgan fingerprint density at radius 3 is 2.16 bits per heavy atom. The summed E-state index contributed by atoms with van der Waals surface area (Å²) in [7, 11) is 3.24. The first-order valence-electron chi connectivity index (χ1n) is 10.6. The number of nitrogens with zero attached hydrogens (tertiary/aromatic N) is 1.